The van der Waals surface area contributed by atoms with E-state index in [0.29, 0.717) is 12.5 Å². The molecule has 3 aromatic rings. The van der Waals surface area contributed by atoms with Gasteiger partial charge in [-0.2, -0.15) is 0 Å². The van der Waals surface area contributed by atoms with Gasteiger partial charge >= 0.3 is 0 Å². The Morgan fingerprint density at radius 1 is 1.09 bits per heavy atom. The van der Waals surface area contributed by atoms with Crippen molar-refractivity contribution in [3.05, 3.63) is 42.9 Å². The van der Waals surface area contributed by atoms with Crippen LogP contribution < -0.4 is 15.0 Å². The average molecular weight is 466 g/mol. The molecule has 0 aromatic carbocycles. The lowest BCUT2D eigenvalue weighted by atomic mass is 9.92. The number of rotatable bonds is 7. The monoisotopic (exact) mass is 465 g/mol. The zero-order valence-electron chi connectivity index (χ0n) is 20.5. The molecule has 3 aromatic heterocycles. The Morgan fingerprint density at radius 3 is 2.65 bits per heavy atom. The summed E-state index contributed by atoms with van der Waals surface area (Å²) in [6.45, 7) is 12.5. The summed E-state index contributed by atoms with van der Waals surface area (Å²) in [6.07, 6.45) is 6.43. The van der Waals surface area contributed by atoms with E-state index in [1.54, 1.807) is 6.20 Å². The van der Waals surface area contributed by atoms with Gasteiger partial charge in [0.15, 0.2) is 0 Å². The first-order valence-corrected chi connectivity index (χ1v) is 12.2. The zero-order chi connectivity index (χ0) is 23.7. The van der Waals surface area contributed by atoms with E-state index in [2.05, 4.69) is 59.7 Å². The van der Waals surface area contributed by atoms with E-state index in [9.17, 15) is 0 Å². The standard InChI is InChI=1S/C26H35N5O3/c1-18(2)29-19-7-5-11-28-25(19)34-22-9-14-33-24(22)26(3,4)31-17-21(30-12-15-32-16-13-30)23-20(31)8-6-10-27-23/h5-8,10-11,17-18,22,24,29H,9,12-16H2,1-4H3/t22-,24?/m1/s1. The molecule has 5 rings (SSSR count). The number of ether oxygens (including phenoxy) is 3. The fourth-order valence-electron chi connectivity index (χ4n) is 5.09. The second kappa shape index (κ2) is 9.43. The summed E-state index contributed by atoms with van der Waals surface area (Å²) in [5, 5.41) is 3.44. The molecule has 8 nitrogen and oxygen atoms in total. The number of fused-ring (bicyclic) bond motifs is 1. The van der Waals surface area contributed by atoms with Gasteiger partial charge in [0.2, 0.25) is 5.88 Å². The Bertz CT molecular complexity index is 1120. The van der Waals surface area contributed by atoms with Crippen molar-refractivity contribution in [1.82, 2.24) is 14.5 Å². The quantitative estimate of drug-likeness (QED) is 0.564. The van der Waals surface area contributed by atoms with Gasteiger partial charge in [0.1, 0.15) is 17.7 Å². The van der Waals surface area contributed by atoms with Crippen LogP contribution >= 0.6 is 0 Å². The Labute approximate surface area is 201 Å². The number of morpholine rings is 1. The molecule has 0 saturated carbocycles. The van der Waals surface area contributed by atoms with Crippen LogP contribution in [-0.2, 0) is 15.0 Å². The van der Waals surface area contributed by atoms with E-state index < -0.39 is 0 Å². The van der Waals surface area contributed by atoms with Crippen molar-refractivity contribution < 1.29 is 14.2 Å². The van der Waals surface area contributed by atoms with E-state index in [4.69, 9.17) is 19.2 Å². The molecule has 0 spiro atoms. The molecule has 5 heterocycles. The smallest absolute Gasteiger partial charge is 0.237 e. The van der Waals surface area contributed by atoms with Crippen molar-refractivity contribution in [3.63, 3.8) is 0 Å². The molecule has 8 heteroatoms. The van der Waals surface area contributed by atoms with Crippen molar-refractivity contribution in [2.45, 2.75) is 57.9 Å². The minimum absolute atomic E-state index is 0.112. The molecule has 2 aliphatic heterocycles. The molecule has 2 fully saturated rings. The molecule has 1 unspecified atom stereocenters. The highest BCUT2D eigenvalue weighted by Gasteiger charge is 2.44. The van der Waals surface area contributed by atoms with Crippen LogP contribution in [0.4, 0.5) is 11.4 Å². The third-order valence-corrected chi connectivity index (χ3v) is 6.72. The summed E-state index contributed by atoms with van der Waals surface area (Å²) < 4.78 is 20.7. The van der Waals surface area contributed by atoms with E-state index in [1.807, 2.05) is 24.4 Å². The first kappa shape index (κ1) is 22.9. The minimum atomic E-state index is -0.368. The Hall–Kier alpha value is -2.84. The SMILES string of the molecule is CC(C)Nc1cccnc1O[C@@H]1CCOC1C(C)(C)n1cc(N2CCOCC2)c2ncccc21. The normalized spacial score (nSPS) is 21.4. The van der Waals surface area contributed by atoms with Gasteiger partial charge in [-0.05, 0) is 52.0 Å². The minimum Gasteiger partial charge on any atom is -0.470 e. The van der Waals surface area contributed by atoms with Gasteiger partial charge in [-0.25, -0.2) is 4.98 Å². The molecule has 0 bridgehead atoms. The maximum Gasteiger partial charge on any atom is 0.237 e. The lowest BCUT2D eigenvalue weighted by molar-refractivity contribution is -0.0198. The number of pyridine rings is 2. The van der Waals surface area contributed by atoms with Gasteiger partial charge in [0.05, 0.1) is 42.3 Å². The highest BCUT2D eigenvalue weighted by molar-refractivity contribution is 5.90. The number of anilines is 2. The highest BCUT2D eigenvalue weighted by Crippen LogP contribution is 2.39. The first-order chi connectivity index (χ1) is 16.4. The average Bonchev–Trinajstić information content (AvgIpc) is 3.46. The molecular formula is C26H35N5O3. The van der Waals surface area contributed by atoms with Crippen LogP contribution in [0.1, 0.15) is 34.1 Å². The van der Waals surface area contributed by atoms with Gasteiger partial charge in [-0.3, -0.25) is 4.98 Å². The fraction of sp³-hybridized carbons (Fsp3) is 0.538. The lowest BCUT2D eigenvalue weighted by Crippen LogP contribution is -2.46. The summed E-state index contributed by atoms with van der Waals surface area (Å²) in [5.41, 5.74) is 3.80. The second-order valence-corrected chi connectivity index (χ2v) is 9.90. The molecule has 2 atom stereocenters. The molecular weight excluding hydrogens is 430 g/mol. The summed E-state index contributed by atoms with van der Waals surface area (Å²) in [7, 11) is 0. The summed E-state index contributed by atoms with van der Waals surface area (Å²) in [6, 6.07) is 8.37. The van der Waals surface area contributed by atoms with Crippen LogP contribution in [0.5, 0.6) is 5.88 Å². The molecule has 2 saturated heterocycles. The van der Waals surface area contributed by atoms with E-state index in [1.165, 1.54) is 0 Å². The molecule has 2 aliphatic rings. The maximum absolute atomic E-state index is 6.51. The van der Waals surface area contributed by atoms with Crippen LogP contribution in [0.3, 0.4) is 0 Å². The third kappa shape index (κ3) is 4.32. The molecule has 0 aliphatic carbocycles. The maximum atomic E-state index is 6.51. The molecule has 0 radical (unpaired) electrons. The van der Waals surface area contributed by atoms with E-state index in [-0.39, 0.29) is 23.8 Å². The van der Waals surface area contributed by atoms with E-state index in [0.717, 1.165) is 55.1 Å². The second-order valence-electron chi connectivity index (χ2n) is 9.90. The van der Waals surface area contributed by atoms with Gasteiger partial charge < -0.3 is 29.0 Å². The van der Waals surface area contributed by atoms with Crippen LogP contribution in [0, 0.1) is 0 Å². The van der Waals surface area contributed by atoms with Crippen LogP contribution in [0.25, 0.3) is 11.0 Å². The third-order valence-electron chi connectivity index (χ3n) is 6.72. The van der Waals surface area contributed by atoms with Crippen LogP contribution in [0.2, 0.25) is 0 Å². The van der Waals surface area contributed by atoms with Crippen molar-refractivity contribution in [1.29, 1.82) is 0 Å². The molecule has 1 N–H and O–H groups in total. The zero-order valence-corrected chi connectivity index (χ0v) is 20.5. The first-order valence-electron chi connectivity index (χ1n) is 12.2. The van der Waals surface area contributed by atoms with Crippen molar-refractivity contribution in [3.8, 4) is 5.88 Å². The van der Waals surface area contributed by atoms with Gasteiger partial charge in [0.25, 0.3) is 0 Å². The highest BCUT2D eigenvalue weighted by atomic mass is 16.6. The Kier molecular flexibility index (Phi) is 6.36. The van der Waals surface area contributed by atoms with Gasteiger partial charge in [-0.15, -0.1) is 0 Å². The summed E-state index contributed by atoms with van der Waals surface area (Å²) in [5.74, 6) is 0.625. The number of hydrogen-bond donors (Lipinski definition) is 1. The fourth-order valence-corrected chi connectivity index (χ4v) is 5.09. The summed E-state index contributed by atoms with van der Waals surface area (Å²) in [4.78, 5) is 11.6. The molecule has 0 amide bonds. The number of aromatic nitrogens is 3. The van der Waals surface area contributed by atoms with Crippen molar-refractivity contribution in [2.24, 2.45) is 0 Å². The summed E-state index contributed by atoms with van der Waals surface area (Å²) >= 11 is 0. The molecule has 34 heavy (non-hydrogen) atoms. The lowest BCUT2D eigenvalue weighted by Gasteiger charge is -2.36. The largest absolute Gasteiger partial charge is 0.470 e. The van der Waals surface area contributed by atoms with E-state index >= 15 is 0 Å². The van der Waals surface area contributed by atoms with Crippen molar-refractivity contribution in [2.75, 3.05) is 43.1 Å². The number of nitrogens with one attached hydrogen (secondary N) is 1. The Balaban J connectivity index is 1.47. The number of nitrogens with zero attached hydrogens (tertiary/aromatic N) is 4. The topological polar surface area (TPSA) is 73.7 Å². The van der Waals surface area contributed by atoms with Gasteiger partial charge in [0, 0.05) is 44.1 Å². The van der Waals surface area contributed by atoms with Crippen LogP contribution in [0.15, 0.2) is 42.9 Å². The predicted molar refractivity (Wildman–Crippen MR) is 134 cm³/mol. The number of hydrogen-bond acceptors (Lipinski definition) is 7. The Morgan fingerprint density at radius 2 is 1.85 bits per heavy atom. The van der Waals surface area contributed by atoms with Crippen LogP contribution in [-0.4, -0.2) is 65.7 Å². The van der Waals surface area contributed by atoms with Gasteiger partial charge in [-0.1, -0.05) is 0 Å². The molecule has 182 valence electrons. The van der Waals surface area contributed by atoms with Crippen molar-refractivity contribution >= 4 is 22.4 Å². The predicted octanol–water partition coefficient (Wildman–Crippen LogP) is 4.06.